The summed E-state index contributed by atoms with van der Waals surface area (Å²) < 4.78 is 0. The predicted molar refractivity (Wildman–Crippen MR) is 69.4 cm³/mol. The molecule has 0 fully saturated rings. The fourth-order valence-corrected chi connectivity index (χ4v) is 1.66. The van der Waals surface area contributed by atoms with Gasteiger partial charge in [-0.1, -0.05) is 36.4 Å². The second-order valence-corrected chi connectivity index (χ2v) is 3.69. The van der Waals surface area contributed by atoms with Crippen LogP contribution in [-0.4, -0.2) is 17.0 Å². The molecule has 0 saturated heterocycles. The molecule has 0 heterocycles. The topological polar surface area (TPSA) is 66.4 Å². The lowest BCUT2D eigenvalue weighted by Crippen LogP contribution is -2.08. The zero-order valence-electron chi connectivity index (χ0n) is 9.46. The molecular formula is C14H11NO3. The molecule has 1 amide bonds. The van der Waals surface area contributed by atoms with E-state index in [1.807, 2.05) is 36.4 Å². The van der Waals surface area contributed by atoms with Crippen molar-refractivity contribution >= 4 is 28.3 Å². The molecule has 0 bridgehead atoms. The van der Waals surface area contributed by atoms with Gasteiger partial charge in [0.2, 0.25) is 5.91 Å². The minimum atomic E-state index is -1.15. The van der Waals surface area contributed by atoms with Crippen LogP contribution in [0, 0.1) is 0 Å². The third-order valence-corrected chi connectivity index (χ3v) is 2.42. The lowest BCUT2D eigenvalue weighted by molar-refractivity contribution is -0.131. The lowest BCUT2D eigenvalue weighted by Gasteiger charge is -2.06. The van der Waals surface area contributed by atoms with Gasteiger partial charge in [0, 0.05) is 23.2 Å². The van der Waals surface area contributed by atoms with E-state index in [0.29, 0.717) is 5.69 Å². The Bertz CT molecular complexity index is 626. The number of amides is 1. The molecule has 0 aliphatic heterocycles. The molecule has 2 aromatic rings. The zero-order valence-corrected chi connectivity index (χ0v) is 9.46. The first-order chi connectivity index (χ1) is 8.66. The third-order valence-electron chi connectivity index (χ3n) is 2.42. The minimum Gasteiger partial charge on any atom is -0.478 e. The molecule has 0 atom stereocenters. The van der Waals surface area contributed by atoms with E-state index >= 15 is 0 Å². The summed E-state index contributed by atoms with van der Waals surface area (Å²) in [5.74, 6) is -1.61. The minimum absolute atomic E-state index is 0.464. The first kappa shape index (κ1) is 11.9. The van der Waals surface area contributed by atoms with Crippen LogP contribution in [0.4, 0.5) is 5.69 Å². The van der Waals surface area contributed by atoms with Gasteiger partial charge >= 0.3 is 5.97 Å². The molecule has 0 radical (unpaired) electrons. The van der Waals surface area contributed by atoms with E-state index in [1.54, 1.807) is 6.07 Å². The monoisotopic (exact) mass is 241 g/mol. The first-order valence-corrected chi connectivity index (χ1v) is 5.36. The standard InChI is InChI=1S/C14H11NO3/c16-13(8-9-14(17)18)15-12-7-3-5-10-4-1-2-6-11(10)12/h1-9H,(H,15,16)(H,17,18)/b9-8+. The number of nitrogens with one attached hydrogen (secondary N) is 1. The van der Waals surface area contributed by atoms with Crippen LogP contribution in [0.5, 0.6) is 0 Å². The largest absolute Gasteiger partial charge is 0.478 e. The average molecular weight is 241 g/mol. The summed E-state index contributed by atoms with van der Waals surface area (Å²) in [6, 6.07) is 13.2. The van der Waals surface area contributed by atoms with Crippen LogP contribution in [0.15, 0.2) is 54.6 Å². The van der Waals surface area contributed by atoms with Crippen molar-refractivity contribution in [1.82, 2.24) is 0 Å². The average Bonchev–Trinajstić information content (AvgIpc) is 2.37. The van der Waals surface area contributed by atoms with E-state index in [-0.39, 0.29) is 0 Å². The Morgan fingerprint density at radius 1 is 1.00 bits per heavy atom. The van der Waals surface area contributed by atoms with Crippen LogP contribution in [-0.2, 0) is 9.59 Å². The molecule has 4 heteroatoms. The number of rotatable bonds is 3. The van der Waals surface area contributed by atoms with Gasteiger partial charge in [-0.05, 0) is 11.5 Å². The zero-order chi connectivity index (χ0) is 13.0. The van der Waals surface area contributed by atoms with Gasteiger partial charge in [-0.15, -0.1) is 0 Å². The maximum absolute atomic E-state index is 11.5. The molecule has 0 aliphatic rings. The van der Waals surface area contributed by atoms with E-state index in [1.165, 1.54) is 0 Å². The Kier molecular flexibility index (Phi) is 3.38. The van der Waals surface area contributed by atoms with E-state index < -0.39 is 11.9 Å². The summed E-state index contributed by atoms with van der Waals surface area (Å²) >= 11 is 0. The maximum atomic E-state index is 11.5. The van der Waals surface area contributed by atoms with Gasteiger partial charge in [0.05, 0.1) is 0 Å². The van der Waals surface area contributed by atoms with Gasteiger partial charge in [0.15, 0.2) is 0 Å². The van der Waals surface area contributed by atoms with E-state index in [4.69, 9.17) is 5.11 Å². The summed E-state index contributed by atoms with van der Waals surface area (Å²) in [5, 5.41) is 13.0. The number of hydrogen-bond acceptors (Lipinski definition) is 2. The number of carbonyl (C=O) groups is 2. The molecule has 0 spiro atoms. The van der Waals surface area contributed by atoms with Gasteiger partial charge in [0.25, 0.3) is 0 Å². The Balaban J connectivity index is 2.27. The second kappa shape index (κ2) is 5.14. The van der Waals surface area contributed by atoms with Crippen LogP contribution in [0.25, 0.3) is 10.8 Å². The number of hydrogen-bond donors (Lipinski definition) is 2. The number of carboxylic acids is 1. The molecule has 90 valence electrons. The highest BCUT2D eigenvalue weighted by molar-refractivity contribution is 6.07. The number of benzene rings is 2. The van der Waals surface area contributed by atoms with Crippen LogP contribution in [0.3, 0.4) is 0 Å². The highest BCUT2D eigenvalue weighted by Crippen LogP contribution is 2.22. The Morgan fingerprint density at radius 3 is 2.50 bits per heavy atom. The van der Waals surface area contributed by atoms with Crippen molar-refractivity contribution in [2.24, 2.45) is 0 Å². The van der Waals surface area contributed by atoms with E-state index in [9.17, 15) is 9.59 Å². The van der Waals surface area contributed by atoms with Gasteiger partial charge in [-0.2, -0.15) is 0 Å². The first-order valence-electron chi connectivity index (χ1n) is 5.36. The molecule has 4 nitrogen and oxygen atoms in total. The number of aliphatic carboxylic acids is 1. The SMILES string of the molecule is O=C(O)/C=C/C(=O)Nc1cccc2ccccc12. The molecule has 0 unspecified atom stereocenters. The van der Waals surface area contributed by atoms with Gasteiger partial charge in [-0.25, -0.2) is 4.79 Å². The van der Waals surface area contributed by atoms with Crippen molar-refractivity contribution in [3.63, 3.8) is 0 Å². The van der Waals surface area contributed by atoms with Crippen LogP contribution in [0.2, 0.25) is 0 Å². The molecule has 0 saturated carbocycles. The van der Waals surface area contributed by atoms with Crippen molar-refractivity contribution in [2.45, 2.75) is 0 Å². The molecule has 2 rings (SSSR count). The number of carboxylic acid groups (broad SMARTS) is 1. The summed E-state index contributed by atoms with van der Waals surface area (Å²) in [6.07, 6.45) is 1.80. The van der Waals surface area contributed by atoms with Gasteiger partial charge in [0.1, 0.15) is 0 Å². The molecule has 2 aromatic carbocycles. The molecule has 18 heavy (non-hydrogen) atoms. The Hall–Kier alpha value is -2.62. The van der Waals surface area contributed by atoms with Crippen molar-refractivity contribution in [2.75, 3.05) is 5.32 Å². The van der Waals surface area contributed by atoms with Gasteiger partial charge in [-0.3, -0.25) is 4.79 Å². The third kappa shape index (κ3) is 2.74. The Morgan fingerprint density at radius 2 is 1.72 bits per heavy atom. The van der Waals surface area contributed by atoms with Crippen LogP contribution >= 0.6 is 0 Å². The highest BCUT2D eigenvalue weighted by Gasteiger charge is 2.02. The number of anilines is 1. The van der Waals surface area contributed by atoms with Crippen molar-refractivity contribution < 1.29 is 14.7 Å². The van der Waals surface area contributed by atoms with Crippen molar-refractivity contribution in [1.29, 1.82) is 0 Å². The fraction of sp³-hybridized carbons (Fsp3) is 0. The van der Waals surface area contributed by atoms with Crippen molar-refractivity contribution in [3.05, 3.63) is 54.6 Å². The Labute approximate surface area is 104 Å². The summed E-state index contributed by atoms with van der Waals surface area (Å²) in [6.45, 7) is 0. The molecular weight excluding hydrogens is 230 g/mol. The quantitative estimate of drug-likeness (QED) is 0.811. The van der Waals surface area contributed by atoms with Gasteiger partial charge < -0.3 is 10.4 Å². The number of fused-ring (bicyclic) bond motifs is 1. The summed E-state index contributed by atoms with van der Waals surface area (Å²) in [4.78, 5) is 21.8. The van der Waals surface area contributed by atoms with Crippen LogP contribution < -0.4 is 5.32 Å². The number of carbonyl (C=O) groups excluding carboxylic acids is 1. The lowest BCUT2D eigenvalue weighted by atomic mass is 10.1. The van der Waals surface area contributed by atoms with Crippen LogP contribution in [0.1, 0.15) is 0 Å². The smallest absolute Gasteiger partial charge is 0.328 e. The van der Waals surface area contributed by atoms with E-state index in [0.717, 1.165) is 22.9 Å². The molecule has 0 aromatic heterocycles. The fourth-order valence-electron chi connectivity index (χ4n) is 1.66. The second-order valence-electron chi connectivity index (χ2n) is 3.69. The van der Waals surface area contributed by atoms with Crippen molar-refractivity contribution in [3.8, 4) is 0 Å². The molecule has 0 aliphatic carbocycles. The summed E-state index contributed by atoms with van der Waals surface area (Å²) in [7, 11) is 0. The summed E-state index contributed by atoms with van der Waals surface area (Å²) in [5.41, 5.74) is 0.660. The molecule has 2 N–H and O–H groups in total. The predicted octanol–water partition coefficient (Wildman–Crippen LogP) is 2.42. The van der Waals surface area contributed by atoms with E-state index in [2.05, 4.69) is 5.32 Å². The highest BCUT2D eigenvalue weighted by atomic mass is 16.4. The maximum Gasteiger partial charge on any atom is 0.328 e. The normalized spacial score (nSPS) is 10.7.